The lowest BCUT2D eigenvalue weighted by molar-refractivity contribution is 0.312. The second-order valence-electron chi connectivity index (χ2n) is 5.69. The maximum Gasteiger partial charge on any atom is 0.159 e. The van der Waals surface area contributed by atoms with Crippen molar-refractivity contribution in [2.75, 3.05) is 49.2 Å². The number of nitrogens with two attached hydrogens (primary N) is 1. The number of aryl methyl sites for hydroxylation is 1. The van der Waals surface area contributed by atoms with Crippen LogP contribution in [0.1, 0.15) is 5.56 Å². The van der Waals surface area contributed by atoms with E-state index in [9.17, 15) is 0 Å². The van der Waals surface area contributed by atoms with Crippen molar-refractivity contribution in [1.29, 1.82) is 0 Å². The van der Waals surface area contributed by atoms with Gasteiger partial charge in [0.25, 0.3) is 0 Å². The maximum atomic E-state index is 6.30. The van der Waals surface area contributed by atoms with Crippen LogP contribution in [0, 0.1) is 6.92 Å². The van der Waals surface area contributed by atoms with Crippen LogP contribution in [0.15, 0.2) is 30.6 Å². The van der Waals surface area contributed by atoms with E-state index in [2.05, 4.69) is 45.1 Å². The van der Waals surface area contributed by atoms with Crippen LogP contribution in [-0.2, 0) is 0 Å². The first kappa shape index (κ1) is 14.6. The Morgan fingerprint density at radius 2 is 1.82 bits per heavy atom. The van der Waals surface area contributed by atoms with E-state index in [-0.39, 0.29) is 0 Å². The first-order valence-electron chi connectivity index (χ1n) is 7.52. The molecule has 1 fully saturated rings. The molecule has 0 aliphatic carbocycles. The zero-order valence-electron chi connectivity index (χ0n) is 13.1. The molecule has 0 bridgehead atoms. The molecule has 0 atom stereocenters. The molecule has 2 heterocycles. The van der Waals surface area contributed by atoms with Crippen LogP contribution in [0.25, 0.3) is 0 Å². The third kappa shape index (κ3) is 2.96. The predicted molar refractivity (Wildman–Crippen MR) is 90.6 cm³/mol. The number of hydrogen-bond acceptors (Lipinski definition) is 6. The Morgan fingerprint density at radius 1 is 1.09 bits per heavy atom. The number of piperazine rings is 1. The molecule has 0 saturated carbocycles. The maximum absolute atomic E-state index is 6.30. The van der Waals surface area contributed by atoms with Crippen LogP contribution in [0.5, 0.6) is 0 Å². The highest BCUT2D eigenvalue weighted by atomic mass is 15.3. The van der Waals surface area contributed by atoms with Gasteiger partial charge in [0, 0.05) is 31.9 Å². The number of aromatic nitrogens is 2. The minimum atomic E-state index is 0.607. The molecule has 0 unspecified atom stereocenters. The number of nitrogens with zero attached hydrogens (tertiary/aromatic N) is 4. The van der Waals surface area contributed by atoms with E-state index < -0.39 is 0 Å². The summed E-state index contributed by atoms with van der Waals surface area (Å²) in [7, 11) is 2.13. The standard InChI is InChI=1S/C16H22N6/c1-12-5-3-4-6-13(12)20-15-14(17)16(19-11-18-15)22-9-7-21(2)8-10-22/h3-6,11H,7-10,17H2,1-2H3,(H,18,19,20). The lowest BCUT2D eigenvalue weighted by Crippen LogP contribution is -2.45. The Balaban J connectivity index is 1.84. The summed E-state index contributed by atoms with van der Waals surface area (Å²) in [4.78, 5) is 13.2. The number of hydrogen-bond donors (Lipinski definition) is 2. The second kappa shape index (κ2) is 6.19. The average Bonchev–Trinajstić information content (AvgIpc) is 2.52. The summed E-state index contributed by atoms with van der Waals surface area (Å²) in [6.07, 6.45) is 1.57. The van der Waals surface area contributed by atoms with Gasteiger partial charge in [-0.05, 0) is 25.6 Å². The van der Waals surface area contributed by atoms with Crippen LogP contribution in [0.4, 0.5) is 23.0 Å². The SMILES string of the molecule is Cc1ccccc1Nc1ncnc(N2CCN(C)CC2)c1N. The van der Waals surface area contributed by atoms with E-state index in [1.54, 1.807) is 6.33 Å². The molecule has 116 valence electrons. The first-order valence-corrected chi connectivity index (χ1v) is 7.52. The number of nitrogens with one attached hydrogen (secondary N) is 1. The molecule has 3 rings (SSSR count). The van der Waals surface area contributed by atoms with Gasteiger partial charge in [0.1, 0.15) is 12.0 Å². The van der Waals surface area contributed by atoms with Crippen molar-refractivity contribution in [2.45, 2.75) is 6.92 Å². The van der Waals surface area contributed by atoms with Crippen LogP contribution in [0.2, 0.25) is 0 Å². The largest absolute Gasteiger partial charge is 0.393 e. The lowest BCUT2D eigenvalue weighted by Gasteiger charge is -2.33. The molecule has 1 aliphatic heterocycles. The van der Waals surface area contributed by atoms with Crippen LogP contribution >= 0.6 is 0 Å². The van der Waals surface area contributed by atoms with E-state index in [4.69, 9.17) is 5.73 Å². The van der Waals surface area contributed by atoms with E-state index in [0.717, 1.165) is 43.2 Å². The van der Waals surface area contributed by atoms with Gasteiger partial charge in [-0.1, -0.05) is 18.2 Å². The molecule has 3 N–H and O–H groups in total. The van der Waals surface area contributed by atoms with Crippen LogP contribution < -0.4 is 16.0 Å². The predicted octanol–water partition coefficient (Wildman–Crippen LogP) is 1.86. The Bertz CT molecular complexity index is 649. The summed E-state index contributed by atoms with van der Waals surface area (Å²) in [6, 6.07) is 8.08. The van der Waals surface area contributed by atoms with Crippen molar-refractivity contribution < 1.29 is 0 Å². The van der Waals surface area contributed by atoms with Gasteiger partial charge in [0.2, 0.25) is 0 Å². The fraction of sp³-hybridized carbons (Fsp3) is 0.375. The van der Waals surface area contributed by atoms with E-state index in [0.29, 0.717) is 11.5 Å². The summed E-state index contributed by atoms with van der Waals surface area (Å²) in [5.74, 6) is 1.48. The summed E-state index contributed by atoms with van der Waals surface area (Å²) in [6.45, 7) is 5.96. The van der Waals surface area contributed by atoms with Gasteiger partial charge in [-0.3, -0.25) is 0 Å². The number of likely N-dealkylation sites (N-methyl/N-ethyl adjacent to an activating group) is 1. The third-order valence-corrected chi connectivity index (χ3v) is 4.06. The molecule has 1 saturated heterocycles. The Kier molecular flexibility index (Phi) is 4.11. The number of nitrogen functional groups attached to an aromatic ring is 1. The normalized spacial score (nSPS) is 15.8. The van der Waals surface area contributed by atoms with Gasteiger partial charge in [0.05, 0.1) is 0 Å². The number of para-hydroxylation sites is 1. The van der Waals surface area contributed by atoms with Gasteiger partial charge in [0.15, 0.2) is 11.6 Å². The highest BCUT2D eigenvalue weighted by molar-refractivity contribution is 5.78. The molecule has 1 aliphatic rings. The summed E-state index contributed by atoms with van der Waals surface area (Å²) < 4.78 is 0. The molecular formula is C16H22N6. The van der Waals surface area contributed by atoms with Gasteiger partial charge in [-0.2, -0.15) is 0 Å². The topological polar surface area (TPSA) is 70.3 Å². The smallest absolute Gasteiger partial charge is 0.159 e. The molecule has 0 radical (unpaired) electrons. The van der Waals surface area contributed by atoms with E-state index in [1.165, 1.54) is 0 Å². The molecule has 22 heavy (non-hydrogen) atoms. The van der Waals surface area contributed by atoms with Crippen molar-refractivity contribution in [3.05, 3.63) is 36.2 Å². The van der Waals surface area contributed by atoms with Gasteiger partial charge >= 0.3 is 0 Å². The molecule has 0 amide bonds. The minimum Gasteiger partial charge on any atom is -0.393 e. The first-order chi connectivity index (χ1) is 10.6. The number of anilines is 4. The summed E-state index contributed by atoms with van der Waals surface area (Å²) >= 11 is 0. The third-order valence-electron chi connectivity index (χ3n) is 4.06. The van der Waals surface area contributed by atoms with Crippen molar-refractivity contribution in [1.82, 2.24) is 14.9 Å². The number of rotatable bonds is 3. The minimum absolute atomic E-state index is 0.607. The highest BCUT2D eigenvalue weighted by Gasteiger charge is 2.19. The summed E-state index contributed by atoms with van der Waals surface area (Å²) in [5, 5.41) is 3.32. The van der Waals surface area contributed by atoms with Crippen LogP contribution in [0.3, 0.4) is 0 Å². The number of benzene rings is 1. The Labute approximate surface area is 131 Å². The monoisotopic (exact) mass is 298 g/mol. The van der Waals surface area contributed by atoms with Gasteiger partial charge in [-0.25, -0.2) is 9.97 Å². The van der Waals surface area contributed by atoms with Crippen molar-refractivity contribution >= 4 is 23.0 Å². The quantitative estimate of drug-likeness (QED) is 0.901. The highest BCUT2D eigenvalue weighted by Crippen LogP contribution is 2.29. The Hall–Kier alpha value is -2.34. The summed E-state index contributed by atoms with van der Waals surface area (Å²) in [5.41, 5.74) is 9.08. The van der Waals surface area contributed by atoms with Crippen molar-refractivity contribution in [3.63, 3.8) is 0 Å². The van der Waals surface area contributed by atoms with Crippen molar-refractivity contribution in [2.24, 2.45) is 0 Å². The van der Waals surface area contributed by atoms with E-state index >= 15 is 0 Å². The van der Waals surface area contributed by atoms with Gasteiger partial charge < -0.3 is 20.9 Å². The molecular weight excluding hydrogens is 276 g/mol. The molecule has 1 aromatic carbocycles. The Morgan fingerprint density at radius 3 is 2.55 bits per heavy atom. The molecule has 0 spiro atoms. The van der Waals surface area contributed by atoms with Crippen molar-refractivity contribution in [3.8, 4) is 0 Å². The molecule has 1 aromatic heterocycles. The molecule has 6 nitrogen and oxygen atoms in total. The van der Waals surface area contributed by atoms with Crippen LogP contribution in [-0.4, -0.2) is 48.1 Å². The zero-order chi connectivity index (χ0) is 15.5. The average molecular weight is 298 g/mol. The van der Waals surface area contributed by atoms with E-state index in [1.807, 2.05) is 18.2 Å². The van der Waals surface area contributed by atoms with Gasteiger partial charge in [-0.15, -0.1) is 0 Å². The lowest BCUT2D eigenvalue weighted by atomic mass is 10.2. The second-order valence-corrected chi connectivity index (χ2v) is 5.69. The fourth-order valence-corrected chi connectivity index (χ4v) is 2.60. The molecule has 6 heteroatoms. The zero-order valence-corrected chi connectivity index (χ0v) is 13.1. The fourth-order valence-electron chi connectivity index (χ4n) is 2.60. The molecule has 2 aromatic rings.